The summed E-state index contributed by atoms with van der Waals surface area (Å²) in [7, 11) is 3.09. The average molecular weight is 448 g/mol. The molecule has 1 atom stereocenters. The van der Waals surface area contributed by atoms with Crippen LogP contribution in [0.5, 0.6) is 11.5 Å². The van der Waals surface area contributed by atoms with Crippen molar-refractivity contribution in [1.82, 2.24) is 9.78 Å². The van der Waals surface area contributed by atoms with Crippen LogP contribution in [0, 0.1) is 6.92 Å². The number of methoxy groups -OCH3 is 2. The molecule has 33 heavy (non-hydrogen) atoms. The SMILES string of the molecule is COc1ccc(NC(=O)[C@@H](C)n2nc(-c3ccc(C)cc3)c3c(c2=O)CCCC3)cc1OC. The highest BCUT2D eigenvalue weighted by Gasteiger charge is 2.26. The normalized spacial score (nSPS) is 13.7. The van der Waals surface area contributed by atoms with Crippen LogP contribution < -0.4 is 20.3 Å². The summed E-state index contributed by atoms with van der Waals surface area (Å²) in [5, 5.41) is 7.57. The Kier molecular flexibility index (Phi) is 6.49. The molecule has 7 heteroatoms. The minimum Gasteiger partial charge on any atom is -0.493 e. The zero-order valence-corrected chi connectivity index (χ0v) is 19.5. The van der Waals surface area contributed by atoms with Gasteiger partial charge in [0.15, 0.2) is 11.5 Å². The van der Waals surface area contributed by atoms with Crippen LogP contribution in [0.25, 0.3) is 11.3 Å². The second-order valence-electron chi connectivity index (χ2n) is 8.36. The first kappa shape index (κ1) is 22.6. The Balaban J connectivity index is 1.70. The van der Waals surface area contributed by atoms with Crippen molar-refractivity contribution < 1.29 is 14.3 Å². The van der Waals surface area contributed by atoms with Crippen LogP contribution in [0.1, 0.15) is 42.5 Å². The molecule has 1 aliphatic carbocycles. The third-order valence-corrected chi connectivity index (χ3v) is 6.15. The van der Waals surface area contributed by atoms with Crippen LogP contribution in [0.2, 0.25) is 0 Å². The van der Waals surface area contributed by atoms with Crippen LogP contribution >= 0.6 is 0 Å². The Morgan fingerprint density at radius 1 is 1.00 bits per heavy atom. The van der Waals surface area contributed by atoms with Gasteiger partial charge in [0.2, 0.25) is 5.91 Å². The lowest BCUT2D eigenvalue weighted by atomic mass is 9.89. The second-order valence-corrected chi connectivity index (χ2v) is 8.36. The van der Waals surface area contributed by atoms with Gasteiger partial charge in [-0.25, -0.2) is 4.68 Å². The molecule has 4 rings (SSSR count). The third-order valence-electron chi connectivity index (χ3n) is 6.15. The fourth-order valence-electron chi connectivity index (χ4n) is 4.23. The molecule has 0 saturated heterocycles. The van der Waals surface area contributed by atoms with Crippen molar-refractivity contribution >= 4 is 11.6 Å². The smallest absolute Gasteiger partial charge is 0.271 e. The molecule has 3 aromatic rings. The van der Waals surface area contributed by atoms with Gasteiger partial charge in [0.1, 0.15) is 6.04 Å². The average Bonchev–Trinajstić information content (AvgIpc) is 2.84. The molecule has 7 nitrogen and oxygen atoms in total. The van der Waals surface area contributed by atoms with Gasteiger partial charge < -0.3 is 14.8 Å². The van der Waals surface area contributed by atoms with Gasteiger partial charge in [-0.15, -0.1) is 0 Å². The highest BCUT2D eigenvalue weighted by atomic mass is 16.5. The Morgan fingerprint density at radius 3 is 2.33 bits per heavy atom. The first-order valence-electron chi connectivity index (χ1n) is 11.2. The van der Waals surface area contributed by atoms with E-state index in [0.29, 0.717) is 23.6 Å². The molecule has 1 heterocycles. The summed E-state index contributed by atoms with van der Waals surface area (Å²) in [6.07, 6.45) is 3.53. The number of carbonyl (C=O) groups is 1. The van der Waals surface area contributed by atoms with E-state index in [1.807, 2.05) is 31.2 Å². The van der Waals surface area contributed by atoms with Crippen molar-refractivity contribution in [1.29, 1.82) is 0 Å². The fourth-order valence-corrected chi connectivity index (χ4v) is 4.23. The monoisotopic (exact) mass is 447 g/mol. The maximum absolute atomic E-state index is 13.3. The summed E-state index contributed by atoms with van der Waals surface area (Å²) in [5.74, 6) is 0.745. The van der Waals surface area contributed by atoms with E-state index in [4.69, 9.17) is 14.6 Å². The number of amides is 1. The Morgan fingerprint density at radius 2 is 1.67 bits per heavy atom. The minimum atomic E-state index is -0.790. The van der Waals surface area contributed by atoms with Crippen molar-refractivity contribution in [3.63, 3.8) is 0 Å². The molecule has 1 aromatic heterocycles. The first-order chi connectivity index (χ1) is 15.9. The fraction of sp³-hybridized carbons (Fsp3) is 0.346. The van der Waals surface area contributed by atoms with E-state index in [9.17, 15) is 9.59 Å². The van der Waals surface area contributed by atoms with Crippen molar-refractivity contribution in [2.45, 2.75) is 45.6 Å². The van der Waals surface area contributed by atoms with E-state index in [2.05, 4.69) is 5.32 Å². The van der Waals surface area contributed by atoms with Gasteiger partial charge in [0, 0.05) is 22.9 Å². The van der Waals surface area contributed by atoms with Crippen molar-refractivity contribution in [3.05, 3.63) is 69.5 Å². The van der Waals surface area contributed by atoms with E-state index < -0.39 is 6.04 Å². The number of benzene rings is 2. The number of anilines is 1. The van der Waals surface area contributed by atoms with Gasteiger partial charge >= 0.3 is 0 Å². The molecule has 1 amide bonds. The van der Waals surface area contributed by atoms with E-state index in [-0.39, 0.29) is 11.5 Å². The van der Waals surface area contributed by atoms with Gasteiger partial charge in [-0.1, -0.05) is 29.8 Å². The van der Waals surface area contributed by atoms with Crippen LogP contribution in [-0.4, -0.2) is 29.9 Å². The number of aryl methyl sites for hydroxylation is 1. The van der Waals surface area contributed by atoms with Crippen molar-refractivity contribution in [2.24, 2.45) is 0 Å². The molecule has 1 aliphatic rings. The molecule has 0 radical (unpaired) electrons. The number of rotatable bonds is 6. The topological polar surface area (TPSA) is 82.5 Å². The number of ether oxygens (including phenoxy) is 2. The van der Waals surface area contributed by atoms with Crippen LogP contribution in [0.3, 0.4) is 0 Å². The van der Waals surface area contributed by atoms with Crippen molar-refractivity contribution in [2.75, 3.05) is 19.5 Å². The quantitative estimate of drug-likeness (QED) is 0.609. The second kappa shape index (κ2) is 9.48. The van der Waals surface area contributed by atoms with Crippen LogP contribution in [0.15, 0.2) is 47.3 Å². The number of carbonyl (C=O) groups excluding carboxylic acids is 1. The standard InChI is InChI=1S/C26H29N3O4/c1-16-9-11-18(12-10-16)24-20-7-5-6-8-21(20)26(31)29(28-24)17(2)25(30)27-19-13-14-22(32-3)23(15-19)33-4/h9-15,17H,5-8H2,1-4H3,(H,27,30)/t17-/m1/s1. The number of nitrogens with zero attached hydrogens (tertiary/aromatic N) is 2. The molecule has 0 saturated carbocycles. The predicted molar refractivity (Wildman–Crippen MR) is 128 cm³/mol. The predicted octanol–water partition coefficient (Wildman–Crippen LogP) is 4.31. The molecule has 0 unspecified atom stereocenters. The van der Waals surface area contributed by atoms with Gasteiger partial charge in [-0.3, -0.25) is 9.59 Å². The molecule has 0 spiro atoms. The zero-order valence-electron chi connectivity index (χ0n) is 19.5. The van der Waals surface area contributed by atoms with E-state index in [0.717, 1.165) is 47.2 Å². The highest BCUT2D eigenvalue weighted by molar-refractivity contribution is 5.93. The maximum Gasteiger partial charge on any atom is 0.271 e. The molecular weight excluding hydrogens is 418 g/mol. The molecule has 0 fully saturated rings. The summed E-state index contributed by atoms with van der Waals surface area (Å²) in [4.78, 5) is 26.4. The summed E-state index contributed by atoms with van der Waals surface area (Å²) < 4.78 is 11.9. The van der Waals surface area contributed by atoms with Gasteiger partial charge in [0.25, 0.3) is 5.56 Å². The summed E-state index contributed by atoms with van der Waals surface area (Å²) in [5.41, 5.74) is 5.06. The molecule has 1 N–H and O–H groups in total. The number of hydrogen-bond donors (Lipinski definition) is 1. The van der Waals surface area contributed by atoms with Crippen LogP contribution in [-0.2, 0) is 17.6 Å². The van der Waals surface area contributed by atoms with Crippen molar-refractivity contribution in [3.8, 4) is 22.8 Å². The van der Waals surface area contributed by atoms with E-state index in [1.54, 1.807) is 32.2 Å². The lowest BCUT2D eigenvalue weighted by Gasteiger charge is -2.23. The highest BCUT2D eigenvalue weighted by Crippen LogP contribution is 2.31. The Bertz CT molecular complexity index is 1230. The van der Waals surface area contributed by atoms with E-state index >= 15 is 0 Å². The van der Waals surface area contributed by atoms with Gasteiger partial charge in [0.05, 0.1) is 19.9 Å². The summed E-state index contributed by atoms with van der Waals surface area (Å²) >= 11 is 0. The largest absolute Gasteiger partial charge is 0.493 e. The zero-order chi connectivity index (χ0) is 23.5. The summed E-state index contributed by atoms with van der Waals surface area (Å²) in [6.45, 7) is 3.73. The first-order valence-corrected chi connectivity index (χ1v) is 11.2. The van der Waals surface area contributed by atoms with E-state index in [1.165, 1.54) is 11.8 Å². The van der Waals surface area contributed by atoms with Gasteiger partial charge in [-0.05, 0) is 57.2 Å². The summed E-state index contributed by atoms with van der Waals surface area (Å²) in [6, 6.07) is 12.5. The van der Waals surface area contributed by atoms with Crippen LogP contribution in [0.4, 0.5) is 5.69 Å². The molecule has 0 bridgehead atoms. The number of fused-ring (bicyclic) bond motifs is 1. The Hall–Kier alpha value is -3.61. The molecule has 0 aliphatic heterocycles. The third kappa shape index (κ3) is 4.49. The molecule has 172 valence electrons. The molecular formula is C26H29N3O4. The maximum atomic E-state index is 13.3. The number of nitrogens with one attached hydrogen (secondary N) is 1. The minimum absolute atomic E-state index is 0.185. The van der Waals surface area contributed by atoms with Gasteiger partial charge in [-0.2, -0.15) is 5.10 Å². The number of aromatic nitrogens is 2. The molecule has 2 aromatic carbocycles. The lowest BCUT2D eigenvalue weighted by Crippen LogP contribution is -2.37. The lowest BCUT2D eigenvalue weighted by molar-refractivity contribution is -0.119. The number of hydrogen-bond acceptors (Lipinski definition) is 5. The Labute approximate surface area is 193 Å².